The predicted octanol–water partition coefficient (Wildman–Crippen LogP) is 3.25. The number of hydrogen-bond acceptors (Lipinski definition) is 3. The first-order valence-electron chi connectivity index (χ1n) is 7.68. The second-order valence-electron chi connectivity index (χ2n) is 5.46. The van der Waals surface area contributed by atoms with Crippen LogP contribution in [0.2, 0.25) is 0 Å². The lowest BCUT2D eigenvalue weighted by Gasteiger charge is -2.34. The van der Waals surface area contributed by atoms with E-state index in [2.05, 4.69) is 21.9 Å². The van der Waals surface area contributed by atoms with Gasteiger partial charge in [0.15, 0.2) is 0 Å². The number of ether oxygens (including phenoxy) is 1. The van der Waals surface area contributed by atoms with Crippen LogP contribution in [0.4, 0.5) is 8.78 Å². The second kappa shape index (κ2) is 8.29. The third kappa shape index (κ3) is 4.93. The summed E-state index contributed by atoms with van der Waals surface area (Å²) in [5, 5.41) is 3.41. The zero-order valence-corrected chi connectivity index (χ0v) is 12.5. The van der Waals surface area contributed by atoms with Gasteiger partial charge in [-0.2, -0.15) is 8.78 Å². The van der Waals surface area contributed by atoms with E-state index in [0.29, 0.717) is 12.6 Å². The maximum Gasteiger partial charge on any atom is 0.387 e. The van der Waals surface area contributed by atoms with Gasteiger partial charge >= 0.3 is 6.61 Å². The van der Waals surface area contributed by atoms with Crippen LogP contribution in [-0.2, 0) is 6.54 Å². The average Bonchev–Trinajstić information content (AvgIpc) is 2.49. The molecule has 0 radical (unpaired) electrons. The van der Waals surface area contributed by atoms with Crippen LogP contribution in [0.15, 0.2) is 24.3 Å². The Morgan fingerprint density at radius 1 is 1.38 bits per heavy atom. The Morgan fingerprint density at radius 2 is 2.19 bits per heavy atom. The van der Waals surface area contributed by atoms with Gasteiger partial charge in [-0.1, -0.05) is 25.1 Å². The maximum atomic E-state index is 12.5. The van der Waals surface area contributed by atoms with Crippen LogP contribution < -0.4 is 10.1 Å². The van der Waals surface area contributed by atoms with Crippen LogP contribution in [0.25, 0.3) is 0 Å². The van der Waals surface area contributed by atoms with Gasteiger partial charge in [-0.15, -0.1) is 0 Å². The van der Waals surface area contributed by atoms with Crippen molar-refractivity contribution in [3.8, 4) is 5.75 Å². The summed E-state index contributed by atoms with van der Waals surface area (Å²) in [6.45, 7) is 3.03. The van der Waals surface area contributed by atoms with Gasteiger partial charge in [0, 0.05) is 24.7 Å². The lowest BCUT2D eigenvalue weighted by Crippen LogP contribution is -2.45. The van der Waals surface area contributed by atoms with Crippen molar-refractivity contribution >= 4 is 0 Å². The van der Waals surface area contributed by atoms with Crippen molar-refractivity contribution in [2.45, 2.75) is 45.4 Å². The first kappa shape index (κ1) is 16.2. The number of rotatable bonds is 7. The molecule has 3 nitrogen and oxygen atoms in total. The first-order valence-corrected chi connectivity index (χ1v) is 7.68. The molecule has 1 heterocycles. The fourth-order valence-corrected chi connectivity index (χ4v) is 2.89. The molecule has 1 aromatic carbocycles. The SMILES string of the molecule is CCCN(Cc1ccccc1OC(F)F)C1CCCNC1. The minimum Gasteiger partial charge on any atom is -0.434 e. The van der Waals surface area contributed by atoms with Crippen molar-refractivity contribution in [2.75, 3.05) is 19.6 Å². The molecule has 1 fully saturated rings. The number of nitrogens with one attached hydrogen (secondary N) is 1. The largest absolute Gasteiger partial charge is 0.434 e. The van der Waals surface area contributed by atoms with Gasteiger partial charge in [0.1, 0.15) is 5.75 Å². The van der Waals surface area contributed by atoms with E-state index in [1.54, 1.807) is 12.1 Å². The fraction of sp³-hybridized carbons (Fsp3) is 0.625. The molecule has 0 aliphatic carbocycles. The van der Waals surface area contributed by atoms with E-state index >= 15 is 0 Å². The zero-order valence-electron chi connectivity index (χ0n) is 12.5. The van der Waals surface area contributed by atoms with Crippen molar-refractivity contribution < 1.29 is 13.5 Å². The summed E-state index contributed by atoms with van der Waals surface area (Å²) < 4.78 is 29.6. The van der Waals surface area contributed by atoms with Crippen molar-refractivity contribution in [3.63, 3.8) is 0 Å². The molecule has 1 aliphatic rings. The number of alkyl halides is 2. The third-order valence-electron chi connectivity index (χ3n) is 3.86. The Labute approximate surface area is 125 Å². The van der Waals surface area contributed by atoms with Crippen molar-refractivity contribution in [2.24, 2.45) is 0 Å². The van der Waals surface area contributed by atoms with E-state index in [1.165, 1.54) is 6.42 Å². The molecule has 1 N–H and O–H groups in total. The van der Waals surface area contributed by atoms with Crippen molar-refractivity contribution in [1.82, 2.24) is 10.2 Å². The summed E-state index contributed by atoms with van der Waals surface area (Å²) >= 11 is 0. The topological polar surface area (TPSA) is 24.5 Å². The Kier molecular flexibility index (Phi) is 6.39. The Hall–Kier alpha value is -1.20. The van der Waals surface area contributed by atoms with E-state index in [0.717, 1.165) is 38.0 Å². The maximum absolute atomic E-state index is 12.5. The molecule has 0 saturated carbocycles. The van der Waals surface area contributed by atoms with Gasteiger partial charge in [0.25, 0.3) is 0 Å². The highest BCUT2D eigenvalue weighted by Crippen LogP contribution is 2.24. The molecular weight excluding hydrogens is 274 g/mol. The molecule has 1 aromatic rings. The van der Waals surface area contributed by atoms with Gasteiger partial charge in [0.2, 0.25) is 0 Å². The molecule has 1 saturated heterocycles. The van der Waals surface area contributed by atoms with E-state index in [9.17, 15) is 8.78 Å². The monoisotopic (exact) mass is 298 g/mol. The summed E-state index contributed by atoms with van der Waals surface area (Å²) in [4.78, 5) is 2.37. The molecule has 0 amide bonds. The van der Waals surface area contributed by atoms with Crippen LogP contribution in [0.5, 0.6) is 5.75 Å². The van der Waals surface area contributed by atoms with Gasteiger partial charge in [-0.25, -0.2) is 0 Å². The van der Waals surface area contributed by atoms with Gasteiger partial charge in [0.05, 0.1) is 0 Å². The number of hydrogen-bond donors (Lipinski definition) is 1. The van der Waals surface area contributed by atoms with Gasteiger partial charge in [-0.3, -0.25) is 4.90 Å². The Morgan fingerprint density at radius 3 is 2.86 bits per heavy atom. The lowest BCUT2D eigenvalue weighted by molar-refractivity contribution is -0.0509. The minimum atomic E-state index is -2.78. The highest BCUT2D eigenvalue weighted by Gasteiger charge is 2.21. The highest BCUT2D eigenvalue weighted by atomic mass is 19.3. The molecule has 2 rings (SSSR count). The molecule has 0 bridgehead atoms. The Bertz CT molecular complexity index is 422. The van der Waals surface area contributed by atoms with Crippen molar-refractivity contribution in [1.29, 1.82) is 0 Å². The molecule has 118 valence electrons. The van der Waals surface area contributed by atoms with Crippen LogP contribution in [-0.4, -0.2) is 37.2 Å². The van der Waals surface area contributed by atoms with Gasteiger partial charge < -0.3 is 10.1 Å². The number of piperidine rings is 1. The van der Waals surface area contributed by atoms with E-state index in [4.69, 9.17) is 0 Å². The number of nitrogens with zero attached hydrogens (tertiary/aromatic N) is 1. The molecule has 1 aliphatic heterocycles. The quantitative estimate of drug-likeness (QED) is 0.836. The smallest absolute Gasteiger partial charge is 0.387 e. The zero-order chi connectivity index (χ0) is 15.1. The Balaban J connectivity index is 2.08. The standard InChI is InChI=1S/C16H24F2N2O/c1-2-10-20(14-7-5-9-19-11-14)12-13-6-3-4-8-15(13)21-16(17)18/h3-4,6,8,14,16,19H,2,5,7,9-12H2,1H3. The summed E-state index contributed by atoms with van der Waals surface area (Å²) in [6, 6.07) is 7.56. The predicted molar refractivity (Wildman–Crippen MR) is 79.7 cm³/mol. The van der Waals surface area contributed by atoms with Gasteiger partial charge in [-0.05, 0) is 38.4 Å². The number of para-hydroxylation sites is 1. The van der Waals surface area contributed by atoms with E-state index in [-0.39, 0.29) is 5.75 Å². The van der Waals surface area contributed by atoms with Crippen LogP contribution >= 0.6 is 0 Å². The molecule has 1 atom stereocenters. The molecule has 5 heteroatoms. The second-order valence-corrected chi connectivity index (χ2v) is 5.46. The first-order chi connectivity index (χ1) is 10.2. The molecule has 0 spiro atoms. The normalized spacial score (nSPS) is 19.2. The fourth-order valence-electron chi connectivity index (χ4n) is 2.89. The third-order valence-corrected chi connectivity index (χ3v) is 3.86. The molecule has 21 heavy (non-hydrogen) atoms. The molecule has 1 unspecified atom stereocenters. The van der Waals surface area contributed by atoms with Crippen molar-refractivity contribution in [3.05, 3.63) is 29.8 Å². The summed E-state index contributed by atoms with van der Waals surface area (Å²) in [5.41, 5.74) is 0.830. The van der Waals surface area contributed by atoms with Crippen LogP contribution in [0.1, 0.15) is 31.7 Å². The summed E-state index contributed by atoms with van der Waals surface area (Å²) in [7, 11) is 0. The summed E-state index contributed by atoms with van der Waals surface area (Å²) in [6.07, 6.45) is 3.37. The number of halogens is 2. The number of benzene rings is 1. The lowest BCUT2D eigenvalue weighted by atomic mass is 10.0. The van der Waals surface area contributed by atoms with Crippen LogP contribution in [0.3, 0.4) is 0 Å². The molecular formula is C16H24F2N2O. The van der Waals surface area contributed by atoms with E-state index < -0.39 is 6.61 Å². The highest BCUT2D eigenvalue weighted by molar-refractivity contribution is 5.33. The van der Waals surface area contributed by atoms with E-state index in [1.807, 2.05) is 12.1 Å². The summed E-state index contributed by atoms with van der Waals surface area (Å²) in [5.74, 6) is 0.289. The average molecular weight is 298 g/mol. The minimum absolute atomic E-state index is 0.289. The van der Waals surface area contributed by atoms with Crippen LogP contribution in [0, 0.1) is 0 Å². The molecule has 0 aromatic heterocycles.